The molecule has 2 aromatic carbocycles. The molecular formula is C23H27N3O2. The van der Waals surface area contributed by atoms with E-state index in [1.165, 1.54) is 0 Å². The summed E-state index contributed by atoms with van der Waals surface area (Å²) in [6.07, 6.45) is 4.44. The van der Waals surface area contributed by atoms with E-state index in [-0.39, 0.29) is 11.9 Å². The lowest BCUT2D eigenvalue weighted by Crippen LogP contribution is -2.39. The van der Waals surface area contributed by atoms with Crippen molar-refractivity contribution in [3.8, 4) is 5.75 Å². The zero-order chi connectivity index (χ0) is 19.5. The van der Waals surface area contributed by atoms with Gasteiger partial charge in [-0.2, -0.15) is 0 Å². The molecule has 1 aliphatic rings. The van der Waals surface area contributed by atoms with Crippen molar-refractivity contribution in [2.45, 2.75) is 38.1 Å². The van der Waals surface area contributed by atoms with Gasteiger partial charge in [-0.15, -0.1) is 0 Å². The van der Waals surface area contributed by atoms with Crippen molar-refractivity contribution in [1.29, 1.82) is 0 Å². The van der Waals surface area contributed by atoms with Gasteiger partial charge in [0.15, 0.2) is 0 Å². The number of likely N-dealkylation sites (tertiary alicyclic amines) is 1. The van der Waals surface area contributed by atoms with Crippen LogP contribution in [0.4, 0.5) is 0 Å². The van der Waals surface area contributed by atoms with E-state index >= 15 is 0 Å². The Balaban J connectivity index is 1.51. The Morgan fingerprint density at radius 1 is 1.14 bits per heavy atom. The first-order valence-corrected chi connectivity index (χ1v) is 10.0. The average molecular weight is 377 g/mol. The van der Waals surface area contributed by atoms with Crippen molar-refractivity contribution in [3.63, 3.8) is 0 Å². The molecule has 146 valence electrons. The fourth-order valence-corrected chi connectivity index (χ4v) is 4.15. The Morgan fingerprint density at radius 2 is 1.93 bits per heavy atom. The number of para-hydroxylation sites is 2. The lowest BCUT2D eigenvalue weighted by atomic mass is 10.00. The highest BCUT2D eigenvalue weighted by atomic mass is 16.5. The van der Waals surface area contributed by atoms with E-state index < -0.39 is 0 Å². The maximum absolute atomic E-state index is 13.1. The summed E-state index contributed by atoms with van der Waals surface area (Å²) in [6.45, 7) is 0.815. The van der Waals surface area contributed by atoms with E-state index in [0.717, 1.165) is 60.4 Å². The quantitative estimate of drug-likeness (QED) is 0.667. The van der Waals surface area contributed by atoms with Gasteiger partial charge in [-0.3, -0.25) is 4.79 Å². The molecule has 0 spiro atoms. The van der Waals surface area contributed by atoms with E-state index in [0.29, 0.717) is 6.42 Å². The number of rotatable bonds is 5. The van der Waals surface area contributed by atoms with E-state index in [4.69, 9.17) is 9.72 Å². The van der Waals surface area contributed by atoms with Crippen LogP contribution in [0.25, 0.3) is 11.0 Å². The van der Waals surface area contributed by atoms with Crippen LogP contribution in [-0.4, -0.2) is 34.0 Å². The minimum absolute atomic E-state index is 0.0644. The zero-order valence-electron chi connectivity index (χ0n) is 16.6. The first kappa shape index (κ1) is 18.5. The molecule has 0 N–H and O–H groups in total. The molecule has 2 heterocycles. The number of hydrogen-bond acceptors (Lipinski definition) is 3. The molecule has 28 heavy (non-hydrogen) atoms. The Labute approximate surface area is 165 Å². The summed E-state index contributed by atoms with van der Waals surface area (Å²) in [4.78, 5) is 20.0. The van der Waals surface area contributed by atoms with Gasteiger partial charge in [-0.25, -0.2) is 4.98 Å². The number of amides is 1. The van der Waals surface area contributed by atoms with Crippen LogP contribution in [0.5, 0.6) is 5.75 Å². The third-order valence-corrected chi connectivity index (χ3v) is 5.73. The Kier molecular flexibility index (Phi) is 5.33. The molecule has 0 radical (unpaired) electrons. The van der Waals surface area contributed by atoms with Crippen LogP contribution in [0.2, 0.25) is 0 Å². The van der Waals surface area contributed by atoms with Gasteiger partial charge < -0.3 is 14.2 Å². The highest BCUT2D eigenvalue weighted by molar-refractivity contribution is 5.78. The number of nitrogens with zero attached hydrogens (tertiary/aromatic N) is 3. The van der Waals surface area contributed by atoms with Crippen LogP contribution in [0, 0.1) is 0 Å². The summed E-state index contributed by atoms with van der Waals surface area (Å²) in [5.41, 5.74) is 3.27. The van der Waals surface area contributed by atoms with Gasteiger partial charge in [0.2, 0.25) is 5.91 Å². The van der Waals surface area contributed by atoms with E-state index in [1.807, 2.05) is 47.4 Å². The number of fused-ring (bicyclic) bond motifs is 1. The normalized spacial score (nSPS) is 17.1. The fraction of sp³-hybridized carbons (Fsp3) is 0.391. The molecule has 1 atom stereocenters. The van der Waals surface area contributed by atoms with E-state index in [2.05, 4.69) is 17.7 Å². The summed E-state index contributed by atoms with van der Waals surface area (Å²) in [5.74, 6) is 2.05. The molecule has 0 saturated carbocycles. The first-order valence-electron chi connectivity index (χ1n) is 10.0. The molecule has 1 amide bonds. The number of hydrogen-bond donors (Lipinski definition) is 0. The third kappa shape index (κ3) is 3.61. The molecule has 4 rings (SSSR count). The molecule has 0 aliphatic carbocycles. The Bertz CT molecular complexity index is 962. The van der Waals surface area contributed by atoms with E-state index in [1.54, 1.807) is 7.11 Å². The summed E-state index contributed by atoms with van der Waals surface area (Å²) in [7, 11) is 3.72. The van der Waals surface area contributed by atoms with Crippen molar-refractivity contribution in [2.24, 2.45) is 7.05 Å². The molecule has 0 bridgehead atoms. The number of piperidine rings is 1. The average Bonchev–Trinajstić information content (AvgIpc) is 3.09. The largest absolute Gasteiger partial charge is 0.497 e. The number of carbonyl (C=O) groups is 1. The van der Waals surface area contributed by atoms with Crippen LogP contribution >= 0.6 is 0 Å². The van der Waals surface area contributed by atoms with Crippen molar-refractivity contribution < 1.29 is 9.53 Å². The molecule has 5 nitrogen and oxygen atoms in total. The van der Waals surface area contributed by atoms with E-state index in [9.17, 15) is 4.79 Å². The van der Waals surface area contributed by atoms with Gasteiger partial charge in [0, 0.05) is 20.0 Å². The molecule has 1 aliphatic heterocycles. The lowest BCUT2D eigenvalue weighted by molar-refractivity contribution is -0.135. The highest BCUT2D eigenvalue weighted by Gasteiger charge is 2.31. The maximum Gasteiger partial charge on any atom is 0.223 e. The van der Waals surface area contributed by atoms with Gasteiger partial charge in [0.05, 0.1) is 24.2 Å². The Morgan fingerprint density at radius 3 is 2.68 bits per heavy atom. The summed E-state index contributed by atoms with van der Waals surface area (Å²) < 4.78 is 7.35. The monoisotopic (exact) mass is 377 g/mol. The number of benzene rings is 2. The fourth-order valence-electron chi connectivity index (χ4n) is 4.15. The third-order valence-electron chi connectivity index (χ3n) is 5.73. The predicted octanol–water partition coefficient (Wildman–Crippen LogP) is 4.27. The van der Waals surface area contributed by atoms with Crippen molar-refractivity contribution in [3.05, 3.63) is 59.9 Å². The van der Waals surface area contributed by atoms with Crippen LogP contribution in [0.15, 0.2) is 48.5 Å². The molecule has 0 unspecified atom stereocenters. The second-order valence-corrected chi connectivity index (χ2v) is 7.46. The number of aromatic nitrogens is 2. The van der Waals surface area contributed by atoms with Gasteiger partial charge in [0.25, 0.3) is 0 Å². The number of methoxy groups -OCH3 is 1. The molecule has 5 heteroatoms. The number of carbonyl (C=O) groups excluding carboxylic acids is 1. The maximum atomic E-state index is 13.1. The Hall–Kier alpha value is -2.82. The number of aryl methyl sites for hydroxylation is 2. The lowest BCUT2D eigenvalue weighted by Gasteiger charge is -2.35. The summed E-state index contributed by atoms with van der Waals surface area (Å²) in [6, 6.07) is 16.2. The second kappa shape index (κ2) is 8.05. The molecular weight excluding hydrogens is 350 g/mol. The number of imidazole rings is 1. The van der Waals surface area contributed by atoms with Crippen molar-refractivity contribution in [2.75, 3.05) is 13.7 Å². The molecule has 1 saturated heterocycles. The summed E-state index contributed by atoms with van der Waals surface area (Å²) >= 11 is 0. The zero-order valence-corrected chi connectivity index (χ0v) is 16.6. The smallest absolute Gasteiger partial charge is 0.223 e. The van der Waals surface area contributed by atoms with Gasteiger partial charge in [-0.1, -0.05) is 24.3 Å². The SMILES string of the molecule is COc1ccc(CCC(=O)N2CCCC[C@@H]2c2nc3ccccc3n2C)cc1. The second-order valence-electron chi connectivity index (χ2n) is 7.46. The minimum Gasteiger partial charge on any atom is -0.497 e. The predicted molar refractivity (Wildman–Crippen MR) is 110 cm³/mol. The van der Waals surface area contributed by atoms with Crippen LogP contribution < -0.4 is 4.74 Å². The van der Waals surface area contributed by atoms with Crippen LogP contribution in [0.1, 0.15) is 43.1 Å². The van der Waals surface area contributed by atoms with Crippen LogP contribution in [-0.2, 0) is 18.3 Å². The highest BCUT2D eigenvalue weighted by Crippen LogP contribution is 2.32. The van der Waals surface area contributed by atoms with Crippen molar-refractivity contribution >= 4 is 16.9 Å². The first-order chi connectivity index (χ1) is 13.7. The van der Waals surface area contributed by atoms with Crippen LogP contribution in [0.3, 0.4) is 0 Å². The summed E-state index contributed by atoms with van der Waals surface area (Å²) in [5, 5.41) is 0. The molecule has 3 aromatic rings. The minimum atomic E-state index is 0.0644. The number of ether oxygens (including phenoxy) is 1. The van der Waals surface area contributed by atoms with Gasteiger partial charge in [0.1, 0.15) is 11.6 Å². The van der Waals surface area contributed by atoms with Gasteiger partial charge >= 0.3 is 0 Å². The molecule has 1 aromatic heterocycles. The van der Waals surface area contributed by atoms with Gasteiger partial charge in [-0.05, 0) is 55.5 Å². The topological polar surface area (TPSA) is 47.4 Å². The van der Waals surface area contributed by atoms with Crippen molar-refractivity contribution in [1.82, 2.24) is 14.5 Å². The molecule has 1 fully saturated rings. The standard InChI is InChI=1S/C23H27N3O2/c1-25-20-8-4-3-7-19(20)24-23(25)21-9-5-6-16-26(21)22(27)15-12-17-10-13-18(28-2)14-11-17/h3-4,7-8,10-11,13-14,21H,5-6,9,12,15-16H2,1-2H3/t21-/m1/s1.